The number of hydrogen-bond acceptors (Lipinski definition) is 4. The Balaban J connectivity index is 2.26. The lowest BCUT2D eigenvalue weighted by Gasteiger charge is -2.07. The number of carbonyl (C=O) groups excluding carboxylic acids is 1. The molecule has 1 aliphatic heterocycles. The molecule has 0 bridgehead atoms. The maximum atomic E-state index is 11.3. The number of hydrogen-bond donors (Lipinski definition) is 0. The molecule has 15 heavy (non-hydrogen) atoms. The van der Waals surface area contributed by atoms with E-state index in [4.69, 9.17) is 4.74 Å². The topological polar surface area (TPSA) is 29.5 Å². The van der Waals surface area contributed by atoms with E-state index in [1.165, 1.54) is 18.2 Å². The normalized spacial score (nSPS) is 15.1. The molecule has 0 spiro atoms. The summed E-state index contributed by atoms with van der Waals surface area (Å²) in [5.41, 5.74) is 3.17. The first kappa shape index (κ1) is 10.5. The van der Waals surface area contributed by atoms with Crippen LogP contribution in [0.25, 0.3) is 0 Å². The van der Waals surface area contributed by atoms with Crippen molar-refractivity contribution in [3.05, 3.63) is 34.9 Å². The number of methoxy groups -OCH3 is 1. The van der Waals surface area contributed by atoms with E-state index in [9.17, 15) is 4.79 Å². The van der Waals surface area contributed by atoms with Crippen LogP contribution in [-0.4, -0.2) is 23.6 Å². The van der Waals surface area contributed by atoms with Crippen LogP contribution in [0.1, 0.15) is 21.5 Å². The molecule has 1 aromatic carbocycles. The lowest BCUT2D eigenvalue weighted by Crippen LogP contribution is -2.04. The van der Waals surface area contributed by atoms with E-state index in [1.54, 1.807) is 11.9 Å². The minimum Gasteiger partial charge on any atom is -0.465 e. The summed E-state index contributed by atoms with van der Waals surface area (Å²) in [5.74, 6) is -0.264. The number of benzene rings is 1. The molecule has 80 valence electrons. The second-order valence-corrected chi connectivity index (χ2v) is 4.34. The van der Waals surface area contributed by atoms with Crippen LogP contribution in [0.4, 0.5) is 0 Å². The van der Waals surface area contributed by atoms with Crippen LogP contribution in [0.5, 0.6) is 0 Å². The van der Waals surface area contributed by atoms with Crippen molar-refractivity contribution in [2.75, 3.05) is 13.4 Å². The Morgan fingerprint density at radius 3 is 2.80 bits per heavy atom. The zero-order valence-corrected chi connectivity index (χ0v) is 9.63. The van der Waals surface area contributed by atoms with Gasteiger partial charge < -0.3 is 4.74 Å². The van der Waals surface area contributed by atoms with Crippen LogP contribution in [0.15, 0.2) is 18.2 Å². The van der Waals surface area contributed by atoms with Crippen LogP contribution in [0, 0.1) is 0 Å². The zero-order chi connectivity index (χ0) is 10.8. The molecule has 3 nitrogen and oxygen atoms in total. The second-order valence-electron chi connectivity index (χ2n) is 3.46. The van der Waals surface area contributed by atoms with Crippen molar-refractivity contribution in [3.63, 3.8) is 0 Å². The number of esters is 1. The number of carbonyl (C=O) groups is 1. The van der Waals surface area contributed by atoms with E-state index in [1.807, 2.05) is 18.2 Å². The Hall–Kier alpha value is -1.00. The highest BCUT2D eigenvalue weighted by Gasteiger charge is 2.19. The van der Waals surface area contributed by atoms with Gasteiger partial charge in [-0.2, -0.15) is 0 Å². The van der Waals surface area contributed by atoms with Gasteiger partial charge in [-0.1, -0.05) is 18.0 Å². The average Bonchev–Trinajstić information content (AvgIpc) is 2.69. The molecule has 0 N–H and O–H groups in total. The van der Waals surface area contributed by atoms with Crippen molar-refractivity contribution >= 4 is 17.9 Å². The van der Waals surface area contributed by atoms with E-state index in [0.29, 0.717) is 5.56 Å². The molecule has 1 heterocycles. The standard InChI is InChI=1S/C11H13NO2S/c1-14-11(13)8-3-4-9-6-12(15-2)7-10(9)5-8/h3-5H,6-7H2,1-2H3. The first-order chi connectivity index (χ1) is 7.24. The Morgan fingerprint density at radius 2 is 2.13 bits per heavy atom. The summed E-state index contributed by atoms with van der Waals surface area (Å²) in [6, 6.07) is 5.77. The zero-order valence-electron chi connectivity index (χ0n) is 8.82. The molecule has 0 fully saturated rings. The minimum absolute atomic E-state index is 0.264. The van der Waals surface area contributed by atoms with Crippen LogP contribution >= 0.6 is 11.9 Å². The van der Waals surface area contributed by atoms with Gasteiger partial charge >= 0.3 is 5.97 Å². The molecule has 0 unspecified atom stereocenters. The van der Waals surface area contributed by atoms with Crippen molar-refractivity contribution in [2.24, 2.45) is 0 Å². The van der Waals surface area contributed by atoms with Crippen molar-refractivity contribution < 1.29 is 9.53 Å². The molecular weight excluding hydrogens is 210 g/mol. The van der Waals surface area contributed by atoms with Gasteiger partial charge in [-0.15, -0.1) is 0 Å². The SMILES string of the molecule is COC(=O)c1ccc2c(c1)CN(SC)C2. The van der Waals surface area contributed by atoms with Crippen molar-refractivity contribution in [2.45, 2.75) is 13.1 Å². The van der Waals surface area contributed by atoms with E-state index in [0.717, 1.165) is 13.1 Å². The molecule has 0 saturated heterocycles. The summed E-state index contributed by atoms with van der Waals surface area (Å²) in [4.78, 5) is 11.3. The Kier molecular flexibility index (Phi) is 2.98. The molecule has 2 rings (SSSR count). The van der Waals surface area contributed by atoms with Crippen LogP contribution in [-0.2, 0) is 17.8 Å². The molecule has 1 aliphatic rings. The molecular formula is C11H13NO2S. The second kappa shape index (κ2) is 4.24. The van der Waals surface area contributed by atoms with Crippen LogP contribution in [0.2, 0.25) is 0 Å². The molecule has 1 aromatic rings. The van der Waals surface area contributed by atoms with Gasteiger partial charge in [0.05, 0.1) is 12.7 Å². The third-order valence-electron chi connectivity index (χ3n) is 2.58. The summed E-state index contributed by atoms with van der Waals surface area (Å²) in [6.07, 6.45) is 2.06. The van der Waals surface area contributed by atoms with Crippen LogP contribution in [0.3, 0.4) is 0 Å². The van der Waals surface area contributed by atoms with E-state index in [2.05, 4.69) is 10.6 Å². The number of nitrogens with zero attached hydrogens (tertiary/aromatic N) is 1. The third-order valence-corrected chi connectivity index (χ3v) is 3.35. The average molecular weight is 223 g/mol. The Bertz CT molecular complexity index is 392. The van der Waals surface area contributed by atoms with Gasteiger partial charge in [0.15, 0.2) is 0 Å². The monoisotopic (exact) mass is 223 g/mol. The van der Waals surface area contributed by atoms with E-state index in [-0.39, 0.29) is 5.97 Å². The number of ether oxygens (including phenoxy) is 1. The summed E-state index contributed by atoms with van der Waals surface area (Å²) >= 11 is 1.73. The van der Waals surface area contributed by atoms with Gasteiger partial charge in [-0.25, -0.2) is 9.10 Å². The first-order valence-corrected chi connectivity index (χ1v) is 5.92. The van der Waals surface area contributed by atoms with E-state index >= 15 is 0 Å². The Morgan fingerprint density at radius 1 is 1.40 bits per heavy atom. The molecule has 0 aliphatic carbocycles. The lowest BCUT2D eigenvalue weighted by atomic mass is 10.1. The van der Waals surface area contributed by atoms with E-state index < -0.39 is 0 Å². The molecule has 0 amide bonds. The van der Waals surface area contributed by atoms with Crippen molar-refractivity contribution in [1.29, 1.82) is 0 Å². The molecule has 4 heteroatoms. The maximum Gasteiger partial charge on any atom is 0.337 e. The first-order valence-electron chi connectivity index (χ1n) is 4.73. The fraction of sp³-hybridized carbons (Fsp3) is 0.364. The predicted molar refractivity (Wildman–Crippen MR) is 60.5 cm³/mol. The molecule has 0 aromatic heterocycles. The van der Waals surface area contributed by atoms with Gasteiger partial charge in [-0.05, 0) is 29.5 Å². The predicted octanol–water partition coefficient (Wildman–Crippen LogP) is 2.07. The number of fused-ring (bicyclic) bond motifs is 1. The van der Waals surface area contributed by atoms with Gasteiger partial charge in [0.2, 0.25) is 0 Å². The van der Waals surface area contributed by atoms with Gasteiger partial charge in [-0.3, -0.25) is 0 Å². The highest BCUT2D eigenvalue weighted by molar-refractivity contribution is 7.96. The van der Waals surface area contributed by atoms with Gasteiger partial charge in [0, 0.05) is 13.1 Å². The minimum atomic E-state index is -0.264. The lowest BCUT2D eigenvalue weighted by molar-refractivity contribution is 0.0600. The smallest absolute Gasteiger partial charge is 0.337 e. The fourth-order valence-electron chi connectivity index (χ4n) is 1.74. The molecule has 0 saturated carbocycles. The Labute approximate surface area is 93.5 Å². The maximum absolute atomic E-state index is 11.3. The largest absolute Gasteiger partial charge is 0.465 e. The van der Waals surface area contributed by atoms with Gasteiger partial charge in [0.1, 0.15) is 0 Å². The summed E-state index contributed by atoms with van der Waals surface area (Å²) in [5, 5.41) is 0. The van der Waals surface area contributed by atoms with Crippen molar-refractivity contribution in [1.82, 2.24) is 4.31 Å². The molecule has 0 atom stereocenters. The molecule has 0 radical (unpaired) electrons. The highest BCUT2D eigenvalue weighted by atomic mass is 32.2. The summed E-state index contributed by atoms with van der Waals surface area (Å²) in [7, 11) is 1.41. The van der Waals surface area contributed by atoms with Crippen molar-refractivity contribution in [3.8, 4) is 0 Å². The summed E-state index contributed by atoms with van der Waals surface area (Å²) in [6.45, 7) is 1.86. The third kappa shape index (κ3) is 2.01. The fourth-order valence-corrected chi connectivity index (χ4v) is 2.27. The highest BCUT2D eigenvalue weighted by Crippen LogP contribution is 2.27. The van der Waals surface area contributed by atoms with Gasteiger partial charge in [0.25, 0.3) is 0 Å². The quantitative estimate of drug-likeness (QED) is 0.567. The number of rotatable bonds is 2. The van der Waals surface area contributed by atoms with Crippen LogP contribution < -0.4 is 0 Å². The summed E-state index contributed by atoms with van der Waals surface area (Å²) < 4.78 is 6.95.